The minimum absolute atomic E-state index is 0.153. The lowest BCUT2D eigenvalue weighted by molar-refractivity contribution is -0.128. The van der Waals surface area contributed by atoms with Crippen molar-refractivity contribution in [1.29, 1.82) is 0 Å². The van der Waals surface area contributed by atoms with Crippen molar-refractivity contribution in [3.05, 3.63) is 22.1 Å². The second-order valence-corrected chi connectivity index (χ2v) is 7.04. The molecule has 130 valence electrons. The summed E-state index contributed by atoms with van der Waals surface area (Å²) in [7, 11) is 0. The Kier molecular flexibility index (Phi) is 5.55. The predicted octanol–water partition coefficient (Wildman–Crippen LogP) is 1.86. The van der Waals surface area contributed by atoms with Gasteiger partial charge in [-0.25, -0.2) is 0 Å². The molecule has 1 N–H and O–H groups in total. The summed E-state index contributed by atoms with van der Waals surface area (Å²) in [6.07, 6.45) is 6.29. The van der Waals surface area contributed by atoms with Crippen LogP contribution in [0.3, 0.4) is 0 Å². The highest BCUT2D eigenvalue weighted by atomic mass is 32.2. The van der Waals surface area contributed by atoms with Crippen LogP contribution in [-0.2, 0) is 11.2 Å². The Morgan fingerprint density at radius 1 is 1.25 bits per heavy atom. The molecule has 1 aliphatic heterocycles. The van der Waals surface area contributed by atoms with Gasteiger partial charge < -0.3 is 4.90 Å². The van der Waals surface area contributed by atoms with E-state index in [4.69, 9.17) is 0 Å². The van der Waals surface area contributed by atoms with Crippen LogP contribution in [0.5, 0.6) is 0 Å². The van der Waals surface area contributed by atoms with Gasteiger partial charge in [-0.1, -0.05) is 37.9 Å². The van der Waals surface area contributed by atoms with Gasteiger partial charge in [-0.05, 0) is 19.3 Å². The number of carbonyl (C=O) groups is 1. The first kappa shape index (κ1) is 17.0. The fourth-order valence-corrected chi connectivity index (χ4v) is 3.91. The van der Waals surface area contributed by atoms with Crippen molar-refractivity contribution in [2.45, 2.75) is 50.6 Å². The number of carbonyl (C=O) groups excluding carboxylic acids is 1. The first-order valence-electron chi connectivity index (χ1n) is 8.57. The van der Waals surface area contributed by atoms with Crippen molar-refractivity contribution in [3.8, 4) is 0 Å². The summed E-state index contributed by atoms with van der Waals surface area (Å²) in [6, 6.07) is 1.58. The monoisotopic (exact) mass is 349 g/mol. The quantitative estimate of drug-likeness (QED) is 0.833. The van der Waals surface area contributed by atoms with Crippen LogP contribution in [0.2, 0.25) is 0 Å². The van der Waals surface area contributed by atoms with E-state index < -0.39 is 0 Å². The topological polar surface area (TPSA) is 83.4 Å². The average molecular weight is 349 g/mol. The van der Waals surface area contributed by atoms with Crippen LogP contribution >= 0.6 is 11.8 Å². The predicted molar refractivity (Wildman–Crippen MR) is 93.4 cm³/mol. The fourth-order valence-electron chi connectivity index (χ4n) is 3.04. The summed E-state index contributed by atoms with van der Waals surface area (Å²) in [4.78, 5) is 28.8. The molecule has 0 bridgehead atoms. The summed E-state index contributed by atoms with van der Waals surface area (Å²) in [6.45, 7) is 3.77. The van der Waals surface area contributed by atoms with Gasteiger partial charge in [-0.2, -0.15) is 0 Å². The van der Waals surface area contributed by atoms with Gasteiger partial charge in [0.05, 0.1) is 5.75 Å². The number of rotatable bonds is 5. The molecule has 1 fully saturated rings. The molecule has 0 unspecified atom stereocenters. The number of likely N-dealkylation sites (tertiary alicyclic amines) is 1. The van der Waals surface area contributed by atoms with E-state index in [2.05, 4.69) is 22.1 Å². The van der Waals surface area contributed by atoms with Gasteiger partial charge in [0.1, 0.15) is 0 Å². The molecule has 7 nitrogen and oxygen atoms in total. The minimum Gasteiger partial charge on any atom is -0.342 e. The SMILES string of the molecule is CCCc1cc(=O)[nH]c2nnc(SCC(=O)N3CCCCCC3)n12. The summed E-state index contributed by atoms with van der Waals surface area (Å²) in [5.74, 6) is 0.946. The van der Waals surface area contributed by atoms with Crippen molar-refractivity contribution in [1.82, 2.24) is 24.5 Å². The number of aromatic nitrogens is 4. The van der Waals surface area contributed by atoms with Gasteiger partial charge in [0.25, 0.3) is 5.56 Å². The van der Waals surface area contributed by atoms with Crippen LogP contribution in [0.15, 0.2) is 16.0 Å². The highest BCUT2D eigenvalue weighted by molar-refractivity contribution is 7.99. The number of nitrogens with zero attached hydrogens (tertiary/aromatic N) is 4. The maximum atomic E-state index is 12.4. The molecule has 24 heavy (non-hydrogen) atoms. The molecule has 0 saturated carbocycles. The zero-order chi connectivity index (χ0) is 16.9. The van der Waals surface area contributed by atoms with Crippen molar-refractivity contribution < 1.29 is 4.79 Å². The van der Waals surface area contributed by atoms with Crippen molar-refractivity contribution in [3.63, 3.8) is 0 Å². The normalized spacial score (nSPS) is 15.6. The van der Waals surface area contributed by atoms with Gasteiger partial charge in [-0.15, -0.1) is 10.2 Å². The molecule has 1 aliphatic rings. The number of thioether (sulfide) groups is 1. The Bertz CT molecular complexity index is 761. The zero-order valence-electron chi connectivity index (χ0n) is 14.0. The molecule has 2 aromatic heterocycles. The van der Waals surface area contributed by atoms with Crippen LogP contribution in [0.1, 0.15) is 44.7 Å². The Hall–Kier alpha value is -1.83. The standard InChI is InChI=1S/C16H23N5O2S/c1-2-7-12-10-13(22)17-15-18-19-16(21(12)15)24-11-14(23)20-8-5-3-4-6-9-20/h10H,2-9,11H2,1H3,(H,17,18,22). The number of amides is 1. The van der Waals surface area contributed by atoms with Crippen LogP contribution in [0.4, 0.5) is 0 Å². The molecule has 3 rings (SSSR count). The number of aryl methyl sites for hydroxylation is 1. The number of fused-ring (bicyclic) bond motifs is 1. The van der Waals surface area contributed by atoms with Crippen molar-refractivity contribution >= 4 is 23.4 Å². The third kappa shape index (κ3) is 3.80. The third-order valence-electron chi connectivity index (χ3n) is 4.24. The fraction of sp³-hybridized carbons (Fsp3) is 0.625. The lowest BCUT2D eigenvalue weighted by atomic mass is 10.2. The molecule has 0 aromatic carbocycles. The van der Waals surface area contributed by atoms with E-state index in [-0.39, 0.29) is 11.5 Å². The molecule has 1 saturated heterocycles. The summed E-state index contributed by atoms with van der Waals surface area (Å²) < 4.78 is 1.85. The number of H-pyrrole nitrogens is 1. The molecule has 3 heterocycles. The van der Waals surface area contributed by atoms with Crippen LogP contribution < -0.4 is 5.56 Å². The van der Waals surface area contributed by atoms with E-state index >= 15 is 0 Å². The van der Waals surface area contributed by atoms with Gasteiger partial charge in [0, 0.05) is 24.8 Å². The summed E-state index contributed by atoms with van der Waals surface area (Å²) >= 11 is 1.39. The van der Waals surface area contributed by atoms with E-state index in [9.17, 15) is 9.59 Å². The molecule has 0 atom stereocenters. The van der Waals surface area contributed by atoms with E-state index in [0.29, 0.717) is 16.7 Å². The number of hydrogen-bond donors (Lipinski definition) is 1. The highest BCUT2D eigenvalue weighted by Crippen LogP contribution is 2.19. The highest BCUT2D eigenvalue weighted by Gasteiger charge is 2.18. The maximum Gasteiger partial charge on any atom is 0.252 e. The molecule has 0 radical (unpaired) electrons. The number of aromatic amines is 1. The average Bonchev–Trinajstić information content (AvgIpc) is 2.79. The maximum absolute atomic E-state index is 12.4. The lowest BCUT2D eigenvalue weighted by Crippen LogP contribution is -2.33. The smallest absolute Gasteiger partial charge is 0.252 e. The van der Waals surface area contributed by atoms with Crippen molar-refractivity contribution in [2.75, 3.05) is 18.8 Å². The van der Waals surface area contributed by atoms with Gasteiger partial charge in [0.2, 0.25) is 11.7 Å². The van der Waals surface area contributed by atoms with E-state index in [0.717, 1.165) is 44.5 Å². The van der Waals surface area contributed by atoms with Crippen LogP contribution in [0, 0.1) is 0 Å². The lowest BCUT2D eigenvalue weighted by Gasteiger charge is -2.19. The van der Waals surface area contributed by atoms with Crippen LogP contribution in [-0.4, -0.2) is 49.2 Å². The Labute approximate surface area is 144 Å². The van der Waals surface area contributed by atoms with Gasteiger partial charge in [0.15, 0.2) is 5.16 Å². The number of nitrogens with one attached hydrogen (secondary N) is 1. The largest absolute Gasteiger partial charge is 0.342 e. The molecular weight excluding hydrogens is 326 g/mol. The Morgan fingerprint density at radius 3 is 2.71 bits per heavy atom. The molecular formula is C16H23N5O2S. The third-order valence-corrected chi connectivity index (χ3v) is 5.16. The van der Waals surface area contributed by atoms with E-state index in [1.807, 2.05) is 9.30 Å². The van der Waals surface area contributed by atoms with Crippen LogP contribution in [0.25, 0.3) is 5.78 Å². The second-order valence-electron chi connectivity index (χ2n) is 6.10. The molecule has 0 spiro atoms. The second kappa shape index (κ2) is 7.83. The summed E-state index contributed by atoms with van der Waals surface area (Å²) in [5.41, 5.74) is 0.710. The summed E-state index contributed by atoms with van der Waals surface area (Å²) in [5, 5.41) is 8.85. The molecule has 2 aromatic rings. The number of hydrogen-bond acceptors (Lipinski definition) is 5. The zero-order valence-corrected chi connectivity index (χ0v) is 14.8. The molecule has 0 aliphatic carbocycles. The minimum atomic E-state index is -0.171. The molecule has 1 amide bonds. The van der Waals surface area contributed by atoms with Gasteiger partial charge in [-0.3, -0.25) is 19.0 Å². The van der Waals surface area contributed by atoms with Crippen molar-refractivity contribution in [2.24, 2.45) is 0 Å². The first-order valence-corrected chi connectivity index (χ1v) is 9.55. The van der Waals surface area contributed by atoms with Gasteiger partial charge >= 0.3 is 0 Å². The van der Waals surface area contributed by atoms with E-state index in [1.54, 1.807) is 6.07 Å². The molecule has 8 heteroatoms. The Morgan fingerprint density at radius 2 is 2.00 bits per heavy atom. The van der Waals surface area contributed by atoms with E-state index in [1.165, 1.54) is 24.6 Å². The Balaban J connectivity index is 1.75. The first-order chi connectivity index (χ1) is 11.7.